The number of hydrogen-bond donors (Lipinski definition) is 0. The molecule has 0 aliphatic carbocycles. The Balaban J connectivity index is 1.94. The molecule has 0 amide bonds. The minimum absolute atomic E-state index is 0.269. The standard InChI is InChI=1S/C14H18OS/c1-2-11-5-7-12(8-6-11)10-13(15)14-4-3-9-16-14/h5-8,14H,2-4,9-10H2,1H3. The number of Topliss-reactive ketones (excluding diaryl/α,β-unsaturated/α-hetero) is 1. The van der Waals surface area contributed by atoms with Crippen molar-refractivity contribution in [3.63, 3.8) is 0 Å². The molecule has 1 fully saturated rings. The fraction of sp³-hybridized carbons (Fsp3) is 0.500. The van der Waals surface area contributed by atoms with E-state index in [1.807, 2.05) is 11.8 Å². The molecule has 2 rings (SSSR count). The molecule has 1 nitrogen and oxygen atoms in total. The van der Waals surface area contributed by atoms with Gasteiger partial charge in [-0.3, -0.25) is 4.79 Å². The third kappa shape index (κ3) is 2.88. The Bertz CT molecular complexity index is 350. The van der Waals surface area contributed by atoms with Gasteiger partial charge in [-0.2, -0.15) is 11.8 Å². The predicted octanol–water partition coefficient (Wildman–Crippen LogP) is 3.26. The molecule has 0 spiro atoms. The maximum atomic E-state index is 11.9. The molecule has 1 aliphatic rings. The Kier molecular flexibility index (Phi) is 4.05. The van der Waals surface area contributed by atoms with Crippen LogP contribution in [0.2, 0.25) is 0 Å². The highest BCUT2D eigenvalue weighted by Gasteiger charge is 2.22. The number of thioether (sulfide) groups is 1. The van der Waals surface area contributed by atoms with Gasteiger partial charge < -0.3 is 0 Å². The molecule has 1 heterocycles. The van der Waals surface area contributed by atoms with E-state index in [4.69, 9.17) is 0 Å². The molecule has 0 aromatic heterocycles. The van der Waals surface area contributed by atoms with Crippen LogP contribution >= 0.6 is 11.8 Å². The van der Waals surface area contributed by atoms with E-state index in [1.54, 1.807) is 0 Å². The molecule has 86 valence electrons. The van der Waals surface area contributed by atoms with Crippen molar-refractivity contribution in [2.24, 2.45) is 0 Å². The molecule has 0 N–H and O–H groups in total. The number of aryl methyl sites for hydroxylation is 1. The molecule has 1 aromatic carbocycles. The molecule has 1 aromatic rings. The zero-order valence-electron chi connectivity index (χ0n) is 9.74. The van der Waals surface area contributed by atoms with Crippen molar-refractivity contribution < 1.29 is 4.79 Å². The molecule has 0 bridgehead atoms. The van der Waals surface area contributed by atoms with Crippen LogP contribution in [0.5, 0.6) is 0 Å². The largest absolute Gasteiger partial charge is 0.298 e. The van der Waals surface area contributed by atoms with E-state index < -0.39 is 0 Å². The van der Waals surface area contributed by atoms with Gasteiger partial charge in [0.1, 0.15) is 5.78 Å². The van der Waals surface area contributed by atoms with Crippen LogP contribution in [0.15, 0.2) is 24.3 Å². The van der Waals surface area contributed by atoms with Crippen LogP contribution in [0.3, 0.4) is 0 Å². The summed E-state index contributed by atoms with van der Waals surface area (Å²) in [6, 6.07) is 8.45. The van der Waals surface area contributed by atoms with E-state index >= 15 is 0 Å². The average molecular weight is 234 g/mol. The van der Waals surface area contributed by atoms with Crippen LogP contribution in [-0.2, 0) is 17.6 Å². The van der Waals surface area contributed by atoms with Gasteiger partial charge in [-0.15, -0.1) is 0 Å². The number of carbonyl (C=O) groups is 1. The summed E-state index contributed by atoms with van der Waals surface area (Å²) < 4.78 is 0. The van der Waals surface area contributed by atoms with Gasteiger partial charge >= 0.3 is 0 Å². The summed E-state index contributed by atoms with van der Waals surface area (Å²) in [6.07, 6.45) is 3.96. The van der Waals surface area contributed by atoms with Crippen molar-refractivity contribution in [3.05, 3.63) is 35.4 Å². The zero-order valence-corrected chi connectivity index (χ0v) is 10.6. The van der Waals surface area contributed by atoms with Crippen LogP contribution in [0.25, 0.3) is 0 Å². The molecule has 1 aliphatic heterocycles. The lowest BCUT2D eigenvalue weighted by molar-refractivity contribution is -0.117. The highest BCUT2D eigenvalue weighted by molar-refractivity contribution is 8.00. The van der Waals surface area contributed by atoms with E-state index in [-0.39, 0.29) is 5.25 Å². The first-order valence-corrected chi connectivity index (χ1v) is 7.06. The van der Waals surface area contributed by atoms with Crippen LogP contribution in [0.4, 0.5) is 0 Å². The van der Waals surface area contributed by atoms with Gasteiger partial charge in [0.25, 0.3) is 0 Å². The number of carbonyl (C=O) groups excluding carboxylic acids is 1. The SMILES string of the molecule is CCc1ccc(CC(=O)C2CCCS2)cc1. The fourth-order valence-electron chi connectivity index (χ4n) is 2.04. The second-order valence-corrected chi connectivity index (χ2v) is 5.63. The summed E-state index contributed by atoms with van der Waals surface area (Å²) in [4.78, 5) is 11.9. The van der Waals surface area contributed by atoms with Gasteiger partial charge in [-0.05, 0) is 36.1 Å². The average Bonchev–Trinajstić information content (AvgIpc) is 2.83. The predicted molar refractivity (Wildman–Crippen MR) is 70.0 cm³/mol. The number of hydrogen-bond acceptors (Lipinski definition) is 2. The number of ketones is 1. The van der Waals surface area contributed by atoms with E-state index in [9.17, 15) is 4.79 Å². The lowest BCUT2D eigenvalue weighted by Crippen LogP contribution is -2.16. The summed E-state index contributed by atoms with van der Waals surface area (Å²) in [6.45, 7) is 2.15. The van der Waals surface area contributed by atoms with E-state index in [0.29, 0.717) is 12.2 Å². The summed E-state index contributed by atoms with van der Waals surface area (Å²) in [5, 5.41) is 0.269. The number of rotatable bonds is 4. The van der Waals surface area contributed by atoms with E-state index in [0.717, 1.165) is 24.2 Å². The second kappa shape index (κ2) is 5.53. The quantitative estimate of drug-likeness (QED) is 0.795. The van der Waals surface area contributed by atoms with Crippen LogP contribution < -0.4 is 0 Å². The topological polar surface area (TPSA) is 17.1 Å². The van der Waals surface area contributed by atoms with Gasteiger partial charge in [0.2, 0.25) is 0 Å². The van der Waals surface area contributed by atoms with Crippen molar-refractivity contribution in [3.8, 4) is 0 Å². The Morgan fingerprint density at radius 2 is 2.00 bits per heavy atom. The van der Waals surface area contributed by atoms with Crippen LogP contribution in [-0.4, -0.2) is 16.8 Å². The Hall–Kier alpha value is -0.760. The lowest BCUT2D eigenvalue weighted by atomic mass is 10.0. The highest BCUT2D eigenvalue weighted by Crippen LogP contribution is 2.27. The second-order valence-electron chi connectivity index (χ2n) is 4.31. The summed E-state index contributed by atoms with van der Waals surface area (Å²) in [5.41, 5.74) is 2.50. The van der Waals surface area contributed by atoms with Crippen LogP contribution in [0.1, 0.15) is 30.9 Å². The third-order valence-electron chi connectivity index (χ3n) is 3.10. The maximum absolute atomic E-state index is 11.9. The van der Waals surface area contributed by atoms with Crippen molar-refractivity contribution in [1.82, 2.24) is 0 Å². The smallest absolute Gasteiger partial charge is 0.150 e. The van der Waals surface area contributed by atoms with Crippen molar-refractivity contribution >= 4 is 17.5 Å². The Labute approximate surface area is 102 Å². The van der Waals surface area contributed by atoms with Gasteiger partial charge in [0.15, 0.2) is 0 Å². The van der Waals surface area contributed by atoms with E-state index in [1.165, 1.54) is 12.0 Å². The zero-order chi connectivity index (χ0) is 11.4. The van der Waals surface area contributed by atoms with Crippen molar-refractivity contribution in [2.45, 2.75) is 37.9 Å². The molecule has 1 atom stereocenters. The minimum Gasteiger partial charge on any atom is -0.298 e. The first-order chi connectivity index (χ1) is 7.79. The summed E-state index contributed by atoms with van der Waals surface area (Å²) in [5.74, 6) is 1.57. The molecular weight excluding hydrogens is 216 g/mol. The lowest BCUT2D eigenvalue weighted by Gasteiger charge is -2.07. The van der Waals surface area contributed by atoms with Gasteiger partial charge in [0.05, 0.1) is 5.25 Å². The van der Waals surface area contributed by atoms with Crippen molar-refractivity contribution in [2.75, 3.05) is 5.75 Å². The molecule has 1 unspecified atom stereocenters. The van der Waals surface area contributed by atoms with Gasteiger partial charge in [-0.25, -0.2) is 0 Å². The van der Waals surface area contributed by atoms with Crippen LogP contribution in [0, 0.1) is 0 Å². The normalized spacial score (nSPS) is 19.9. The Morgan fingerprint density at radius 3 is 2.56 bits per heavy atom. The van der Waals surface area contributed by atoms with Crippen molar-refractivity contribution in [1.29, 1.82) is 0 Å². The van der Waals surface area contributed by atoms with Gasteiger partial charge in [-0.1, -0.05) is 31.2 Å². The maximum Gasteiger partial charge on any atom is 0.150 e. The molecule has 1 saturated heterocycles. The molecular formula is C14H18OS. The monoisotopic (exact) mass is 234 g/mol. The molecule has 0 saturated carbocycles. The highest BCUT2D eigenvalue weighted by atomic mass is 32.2. The third-order valence-corrected chi connectivity index (χ3v) is 4.52. The molecule has 16 heavy (non-hydrogen) atoms. The first-order valence-electron chi connectivity index (χ1n) is 6.01. The molecule has 0 radical (unpaired) electrons. The minimum atomic E-state index is 0.269. The number of benzene rings is 1. The van der Waals surface area contributed by atoms with Gasteiger partial charge in [0, 0.05) is 6.42 Å². The Morgan fingerprint density at radius 1 is 1.31 bits per heavy atom. The van der Waals surface area contributed by atoms with E-state index in [2.05, 4.69) is 31.2 Å². The molecule has 2 heteroatoms. The fourth-order valence-corrected chi connectivity index (χ4v) is 3.26. The first kappa shape index (κ1) is 11.7. The summed E-state index contributed by atoms with van der Waals surface area (Å²) >= 11 is 1.83. The summed E-state index contributed by atoms with van der Waals surface area (Å²) in [7, 11) is 0.